The molecule has 0 atom stereocenters. The lowest BCUT2D eigenvalue weighted by molar-refractivity contribution is -0.571. The minimum Gasteiger partial charge on any atom is -0.477 e. The van der Waals surface area contributed by atoms with Crippen LogP contribution in [0.1, 0.15) is 35.0 Å². The van der Waals surface area contributed by atoms with Crippen molar-refractivity contribution in [2.45, 2.75) is 13.3 Å². The van der Waals surface area contributed by atoms with Crippen LogP contribution in [0.3, 0.4) is 0 Å². The summed E-state index contributed by atoms with van der Waals surface area (Å²) in [5, 5.41) is 20.5. The molecule has 3 rings (SSSR count). The number of fused-ring (bicyclic) bond motifs is 1. The quantitative estimate of drug-likeness (QED) is 0.606. The molecule has 4 N–H and O–H groups in total. The van der Waals surface area contributed by atoms with Crippen LogP contribution in [0.5, 0.6) is 0 Å². The molecule has 2 heterocycles. The second-order valence-corrected chi connectivity index (χ2v) is 5.48. The lowest BCUT2D eigenvalue weighted by Crippen LogP contribution is -2.78. The summed E-state index contributed by atoms with van der Waals surface area (Å²) in [6.45, 7) is 2.85. The molecule has 0 aliphatic carbocycles. The summed E-state index contributed by atoms with van der Waals surface area (Å²) in [6.07, 6.45) is 3.95. The van der Waals surface area contributed by atoms with E-state index < -0.39 is 5.97 Å². The van der Waals surface area contributed by atoms with Crippen LogP contribution in [0, 0.1) is 5.41 Å². The standard InChI is InChI=1S/C18H17N3O3/c1-2-7-20-14-8-15(18(22)23)21-9-12(14)17(19)13-10-24-16-6-4-3-5-11(13)16/h3-6,8-10,19H,2,7H2,1H3,(H,20,21)(H,22,23)/p+1. The molecule has 0 saturated carbocycles. The molecule has 0 fully saturated rings. The molecule has 0 bridgehead atoms. The van der Waals surface area contributed by atoms with Gasteiger partial charge in [0.05, 0.1) is 17.8 Å². The molecule has 0 saturated heterocycles. The van der Waals surface area contributed by atoms with Crippen molar-refractivity contribution in [3.05, 3.63) is 59.6 Å². The van der Waals surface area contributed by atoms with Gasteiger partial charge in [0, 0.05) is 23.2 Å². The molecular weight excluding hydrogens is 306 g/mol. The summed E-state index contributed by atoms with van der Waals surface area (Å²) in [6, 6.07) is 9.04. The van der Waals surface area contributed by atoms with Gasteiger partial charge in [0.15, 0.2) is 5.69 Å². The number of aromatic nitrogens is 1. The minimum atomic E-state index is -1.08. The highest BCUT2D eigenvalue weighted by Gasteiger charge is 2.20. The number of aromatic carboxylic acids is 1. The molecule has 2 aromatic heterocycles. The van der Waals surface area contributed by atoms with Gasteiger partial charge < -0.3 is 14.8 Å². The smallest absolute Gasteiger partial charge is 0.354 e. The fourth-order valence-corrected chi connectivity index (χ4v) is 2.58. The van der Waals surface area contributed by atoms with Gasteiger partial charge in [0.2, 0.25) is 0 Å². The van der Waals surface area contributed by atoms with E-state index in [0.717, 1.165) is 18.4 Å². The second-order valence-electron chi connectivity index (χ2n) is 5.48. The molecule has 0 spiro atoms. The Hall–Kier alpha value is -2.99. The first kappa shape index (κ1) is 15.9. The van der Waals surface area contributed by atoms with E-state index in [1.54, 1.807) is 6.26 Å². The summed E-state index contributed by atoms with van der Waals surface area (Å²) in [7, 11) is 0. The molecule has 6 heteroatoms. The normalized spacial score (nSPS) is 10.9. The Bertz CT molecular complexity index is 915. The fourth-order valence-electron chi connectivity index (χ4n) is 2.58. The van der Waals surface area contributed by atoms with Gasteiger partial charge in [-0.15, -0.1) is 0 Å². The van der Waals surface area contributed by atoms with Crippen LogP contribution in [0.15, 0.2) is 47.2 Å². The summed E-state index contributed by atoms with van der Waals surface area (Å²) in [5.74, 6) is -1.08. The highest BCUT2D eigenvalue weighted by molar-refractivity contribution is 6.19. The number of nitrogens with zero attached hydrogens (tertiary/aromatic N) is 1. The van der Waals surface area contributed by atoms with E-state index in [1.165, 1.54) is 12.3 Å². The molecule has 122 valence electrons. The zero-order valence-corrected chi connectivity index (χ0v) is 13.2. The lowest BCUT2D eigenvalue weighted by Gasteiger charge is -2.08. The number of quaternary nitrogens is 1. The third kappa shape index (κ3) is 2.91. The third-order valence-electron chi connectivity index (χ3n) is 3.83. The van der Waals surface area contributed by atoms with Crippen molar-refractivity contribution >= 4 is 28.3 Å². The Kier molecular flexibility index (Phi) is 4.39. The SMILES string of the molecule is CCC[NH2+]c1cc(C(=O)O)ncc1C(=N)c1coc2ccccc12. The number of carboxylic acid groups (broad SMARTS) is 1. The van der Waals surface area contributed by atoms with E-state index in [1.807, 2.05) is 36.5 Å². The molecular formula is C18H18N3O3+. The summed E-state index contributed by atoms with van der Waals surface area (Å²) in [5.41, 5.74) is 2.94. The monoisotopic (exact) mass is 324 g/mol. The van der Waals surface area contributed by atoms with E-state index in [0.29, 0.717) is 22.4 Å². The summed E-state index contributed by atoms with van der Waals surface area (Å²) in [4.78, 5) is 15.1. The van der Waals surface area contributed by atoms with Crippen LogP contribution in [-0.4, -0.2) is 28.3 Å². The Balaban J connectivity index is 2.06. The number of para-hydroxylation sites is 1. The number of carboxylic acids is 1. The highest BCUT2D eigenvalue weighted by Crippen LogP contribution is 2.25. The Morgan fingerprint density at radius 2 is 2.12 bits per heavy atom. The third-order valence-corrected chi connectivity index (χ3v) is 3.83. The molecule has 6 nitrogen and oxygen atoms in total. The van der Waals surface area contributed by atoms with Gasteiger partial charge in [-0.05, 0) is 12.5 Å². The second kappa shape index (κ2) is 6.64. The van der Waals surface area contributed by atoms with Crippen molar-refractivity contribution in [2.75, 3.05) is 6.54 Å². The van der Waals surface area contributed by atoms with Crippen molar-refractivity contribution < 1.29 is 19.6 Å². The van der Waals surface area contributed by atoms with Gasteiger partial charge in [0.1, 0.15) is 17.5 Å². The summed E-state index contributed by atoms with van der Waals surface area (Å²) < 4.78 is 5.51. The van der Waals surface area contributed by atoms with Crippen LogP contribution in [0.25, 0.3) is 11.0 Å². The van der Waals surface area contributed by atoms with Gasteiger partial charge >= 0.3 is 5.97 Å². The number of nitrogens with one attached hydrogen (secondary N) is 1. The van der Waals surface area contributed by atoms with E-state index >= 15 is 0 Å². The number of pyridine rings is 1. The maximum atomic E-state index is 11.2. The van der Waals surface area contributed by atoms with Crippen LogP contribution in [0.4, 0.5) is 5.69 Å². The average Bonchev–Trinajstić information content (AvgIpc) is 3.03. The van der Waals surface area contributed by atoms with Gasteiger partial charge in [-0.25, -0.2) is 9.78 Å². The van der Waals surface area contributed by atoms with Crippen LogP contribution < -0.4 is 5.32 Å². The number of carbonyl (C=O) groups is 1. The summed E-state index contributed by atoms with van der Waals surface area (Å²) >= 11 is 0. The maximum absolute atomic E-state index is 11.2. The van der Waals surface area contributed by atoms with Crippen molar-refractivity contribution in [3.8, 4) is 0 Å². The number of hydrogen-bond acceptors (Lipinski definition) is 4. The molecule has 3 aromatic rings. The highest BCUT2D eigenvalue weighted by atomic mass is 16.4. The maximum Gasteiger partial charge on any atom is 0.354 e. The molecule has 1 aromatic carbocycles. The van der Waals surface area contributed by atoms with Crippen molar-refractivity contribution in [2.24, 2.45) is 0 Å². The number of furan rings is 1. The average molecular weight is 324 g/mol. The number of benzene rings is 1. The van der Waals surface area contributed by atoms with Gasteiger partial charge in [-0.3, -0.25) is 5.41 Å². The minimum absolute atomic E-state index is 0.0223. The van der Waals surface area contributed by atoms with E-state index in [2.05, 4.69) is 4.98 Å². The van der Waals surface area contributed by atoms with Gasteiger partial charge in [-0.1, -0.05) is 25.1 Å². The first-order chi connectivity index (χ1) is 11.6. The molecule has 0 aliphatic heterocycles. The van der Waals surface area contributed by atoms with E-state index in [9.17, 15) is 4.79 Å². The first-order valence-electron chi connectivity index (χ1n) is 7.74. The number of hydrogen-bond donors (Lipinski definition) is 3. The number of nitrogens with two attached hydrogens (primary N) is 1. The van der Waals surface area contributed by atoms with Crippen LogP contribution in [0.2, 0.25) is 0 Å². The van der Waals surface area contributed by atoms with Crippen molar-refractivity contribution in [3.63, 3.8) is 0 Å². The van der Waals surface area contributed by atoms with E-state index in [4.69, 9.17) is 14.9 Å². The lowest BCUT2D eigenvalue weighted by atomic mass is 10.0. The van der Waals surface area contributed by atoms with Crippen molar-refractivity contribution in [1.82, 2.24) is 4.98 Å². The van der Waals surface area contributed by atoms with Crippen LogP contribution >= 0.6 is 0 Å². The van der Waals surface area contributed by atoms with Gasteiger partial charge in [0.25, 0.3) is 0 Å². The van der Waals surface area contributed by atoms with Crippen molar-refractivity contribution in [1.29, 1.82) is 5.41 Å². The van der Waals surface area contributed by atoms with E-state index in [-0.39, 0.29) is 11.4 Å². The fraction of sp³-hybridized carbons (Fsp3) is 0.167. The molecule has 0 radical (unpaired) electrons. The largest absolute Gasteiger partial charge is 0.477 e. The molecule has 24 heavy (non-hydrogen) atoms. The molecule has 0 aliphatic rings. The zero-order valence-electron chi connectivity index (χ0n) is 13.2. The Morgan fingerprint density at radius 1 is 1.33 bits per heavy atom. The molecule has 0 unspecified atom stereocenters. The number of rotatable bonds is 6. The first-order valence-corrected chi connectivity index (χ1v) is 7.74. The Morgan fingerprint density at radius 3 is 2.88 bits per heavy atom. The van der Waals surface area contributed by atoms with Crippen LogP contribution in [-0.2, 0) is 0 Å². The zero-order chi connectivity index (χ0) is 17.1. The van der Waals surface area contributed by atoms with Gasteiger partial charge in [-0.2, -0.15) is 0 Å². The topological polar surface area (TPSA) is 104 Å². The Labute approximate surface area is 138 Å². The predicted molar refractivity (Wildman–Crippen MR) is 90.1 cm³/mol. The predicted octanol–water partition coefficient (Wildman–Crippen LogP) is 2.55. The molecule has 0 amide bonds.